The fraction of sp³-hybridized carbons (Fsp3) is 0. The van der Waals surface area contributed by atoms with Gasteiger partial charge in [0.15, 0.2) is 0 Å². The predicted molar refractivity (Wildman–Crippen MR) is 184 cm³/mol. The number of fused-ring (bicyclic) bond motifs is 7. The SMILES string of the molecule is c1ccc(-c2cccc3c2sc2c(-c4ccc(-c5ccc6ccc7cccnc7c6n5)c5ccccc45)cccc23)cc1. The van der Waals surface area contributed by atoms with Crippen molar-refractivity contribution in [1.29, 1.82) is 0 Å². The smallest absolute Gasteiger partial charge is 0.0972 e. The van der Waals surface area contributed by atoms with Crippen LogP contribution in [-0.2, 0) is 0 Å². The third-order valence-electron chi connectivity index (χ3n) is 8.53. The van der Waals surface area contributed by atoms with Crippen LogP contribution in [0.3, 0.4) is 0 Å². The lowest BCUT2D eigenvalue weighted by molar-refractivity contribution is 1.37. The minimum atomic E-state index is 0.938. The molecular formula is C40H24N2S. The first-order valence-corrected chi connectivity index (χ1v) is 15.3. The lowest BCUT2D eigenvalue weighted by atomic mass is 9.92. The molecule has 3 aromatic heterocycles. The van der Waals surface area contributed by atoms with Crippen molar-refractivity contribution in [2.45, 2.75) is 0 Å². The summed E-state index contributed by atoms with van der Waals surface area (Å²) in [6.45, 7) is 0. The molecule has 6 aromatic carbocycles. The number of rotatable bonds is 3. The highest BCUT2D eigenvalue weighted by molar-refractivity contribution is 7.26. The van der Waals surface area contributed by atoms with E-state index < -0.39 is 0 Å². The Bertz CT molecular complexity index is 2510. The van der Waals surface area contributed by atoms with Crippen molar-refractivity contribution in [3.63, 3.8) is 0 Å². The topological polar surface area (TPSA) is 25.8 Å². The molecule has 200 valence electrons. The van der Waals surface area contributed by atoms with Crippen molar-refractivity contribution in [3.8, 4) is 33.5 Å². The average molecular weight is 565 g/mol. The summed E-state index contributed by atoms with van der Waals surface area (Å²) >= 11 is 1.90. The summed E-state index contributed by atoms with van der Waals surface area (Å²) in [7, 11) is 0. The van der Waals surface area contributed by atoms with Gasteiger partial charge in [-0.15, -0.1) is 11.3 Å². The van der Waals surface area contributed by atoms with Crippen LogP contribution < -0.4 is 0 Å². The Morgan fingerprint density at radius 2 is 1.02 bits per heavy atom. The van der Waals surface area contributed by atoms with Crippen LogP contribution >= 0.6 is 11.3 Å². The molecule has 0 unspecified atom stereocenters. The van der Waals surface area contributed by atoms with E-state index in [4.69, 9.17) is 4.98 Å². The first-order chi connectivity index (χ1) is 21.3. The highest BCUT2D eigenvalue weighted by atomic mass is 32.1. The second-order valence-corrected chi connectivity index (χ2v) is 12.0. The number of hydrogen-bond acceptors (Lipinski definition) is 3. The van der Waals surface area contributed by atoms with Crippen molar-refractivity contribution >= 4 is 64.1 Å². The maximum atomic E-state index is 5.18. The first kappa shape index (κ1) is 24.2. The normalized spacial score (nSPS) is 11.7. The highest BCUT2D eigenvalue weighted by Gasteiger charge is 2.17. The molecule has 3 heterocycles. The quantitative estimate of drug-likeness (QED) is 0.199. The van der Waals surface area contributed by atoms with Gasteiger partial charge in [0, 0.05) is 48.3 Å². The monoisotopic (exact) mass is 564 g/mol. The Morgan fingerprint density at radius 3 is 1.84 bits per heavy atom. The molecule has 43 heavy (non-hydrogen) atoms. The van der Waals surface area contributed by atoms with Crippen molar-refractivity contribution in [1.82, 2.24) is 9.97 Å². The molecule has 0 aliphatic carbocycles. The van der Waals surface area contributed by atoms with E-state index in [-0.39, 0.29) is 0 Å². The van der Waals surface area contributed by atoms with Gasteiger partial charge in [0.05, 0.1) is 16.7 Å². The number of thiophene rings is 1. The van der Waals surface area contributed by atoms with Crippen LogP contribution in [0.15, 0.2) is 146 Å². The van der Waals surface area contributed by atoms with E-state index >= 15 is 0 Å². The van der Waals surface area contributed by atoms with Gasteiger partial charge in [0.2, 0.25) is 0 Å². The molecule has 0 saturated carbocycles. The Balaban J connectivity index is 1.26. The lowest BCUT2D eigenvalue weighted by Gasteiger charge is -2.13. The summed E-state index contributed by atoms with van der Waals surface area (Å²) in [6.07, 6.45) is 1.84. The third-order valence-corrected chi connectivity index (χ3v) is 9.82. The second kappa shape index (κ2) is 9.59. The van der Waals surface area contributed by atoms with Crippen LogP contribution in [-0.4, -0.2) is 9.97 Å². The number of hydrogen-bond donors (Lipinski definition) is 0. The van der Waals surface area contributed by atoms with Crippen LogP contribution in [0.1, 0.15) is 0 Å². The van der Waals surface area contributed by atoms with Gasteiger partial charge in [-0.25, -0.2) is 4.98 Å². The second-order valence-electron chi connectivity index (χ2n) is 10.9. The predicted octanol–water partition coefficient (Wildman–Crippen LogP) is 11.3. The number of pyridine rings is 2. The van der Waals surface area contributed by atoms with E-state index in [0.717, 1.165) is 33.1 Å². The molecule has 3 heteroatoms. The van der Waals surface area contributed by atoms with E-state index in [0.29, 0.717) is 0 Å². The standard InChI is InChI=1S/C40H24N2S/c1-2-9-25(10-3-1)28-14-6-16-34-35-17-7-15-33(40(35)43-39(28)34)31-21-22-32(30-13-5-4-12-29(30)31)36-23-20-27-19-18-26-11-8-24-41-37(26)38(27)42-36/h1-24H. The van der Waals surface area contributed by atoms with E-state index in [1.165, 1.54) is 53.2 Å². The van der Waals surface area contributed by atoms with Crippen LogP contribution in [0.2, 0.25) is 0 Å². The molecule has 0 atom stereocenters. The molecule has 0 spiro atoms. The number of nitrogens with zero attached hydrogens (tertiary/aromatic N) is 2. The van der Waals surface area contributed by atoms with Crippen molar-refractivity contribution in [2.24, 2.45) is 0 Å². The largest absolute Gasteiger partial charge is 0.254 e. The maximum absolute atomic E-state index is 5.18. The summed E-state index contributed by atoms with van der Waals surface area (Å²) < 4.78 is 2.65. The summed E-state index contributed by atoms with van der Waals surface area (Å²) in [5, 5.41) is 7.24. The number of aromatic nitrogens is 2. The molecule has 2 nitrogen and oxygen atoms in total. The molecule has 0 radical (unpaired) electrons. The van der Waals surface area contributed by atoms with Crippen LogP contribution in [0.4, 0.5) is 0 Å². The molecule has 0 amide bonds. The molecule has 0 aliphatic heterocycles. The summed E-state index contributed by atoms with van der Waals surface area (Å²) in [5.74, 6) is 0. The van der Waals surface area contributed by atoms with E-state index in [2.05, 4.69) is 138 Å². The fourth-order valence-electron chi connectivity index (χ4n) is 6.51. The van der Waals surface area contributed by atoms with Gasteiger partial charge in [-0.3, -0.25) is 4.98 Å². The number of benzene rings is 6. The minimum Gasteiger partial charge on any atom is -0.254 e. The van der Waals surface area contributed by atoms with Gasteiger partial charge in [-0.2, -0.15) is 0 Å². The maximum Gasteiger partial charge on any atom is 0.0972 e. The first-order valence-electron chi connectivity index (χ1n) is 14.5. The third kappa shape index (κ3) is 3.79. The van der Waals surface area contributed by atoms with E-state index in [1.807, 2.05) is 23.6 Å². The Kier molecular flexibility index (Phi) is 5.40. The molecule has 0 N–H and O–H groups in total. The average Bonchev–Trinajstić information content (AvgIpc) is 3.47. The van der Waals surface area contributed by atoms with Gasteiger partial charge in [-0.05, 0) is 39.6 Å². The molecular weight excluding hydrogens is 541 g/mol. The van der Waals surface area contributed by atoms with Gasteiger partial charge in [0.25, 0.3) is 0 Å². The summed E-state index contributed by atoms with van der Waals surface area (Å²) in [6, 6.07) is 50.0. The van der Waals surface area contributed by atoms with Crippen LogP contribution in [0.25, 0.3) is 86.3 Å². The summed E-state index contributed by atoms with van der Waals surface area (Å²) in [5.41, 5.74) is 9.01. The summed E-state index contributed by atoms with van der Waals surface area (Å²) in [4.78, 5) is 9.85. The molecule has 0 saturated heterocycles. The van der Waals surface area contributed by atoms with Crippen molar-refractivity contribution in [3.05, 3.63) is 146 Å². The Labute approximate surface area is 252 Å². The van der Waals surface area contributed by atoms with Gasteiger partial charge < -0.3 is 0 Å². The van der Waals surface area contributed by atoms with Gasteiger partial charge >= 0.3 is 0 Å². The highest BCUT2D eigenvalue weighted by Crippen LogP contribution is 2.45. The molecule has 0 fully saturated rings. The molecule has 0 bridgehead atoms. The van der Waals surface area contributed by atoms with Gasteiger partial charge in [0.1, 0.15) is 0 Å². The molecule has 9 rings (SSSR count). The van der Waals surface area contributed by atoms with Crippen LogP contribution in [0, 0.1) is 0 Å². The Hall–Kier alpha value is -5.38. The van der Waals surface area contributed by atoms with E-state index in [1.54, 1.807) is 0 Å². The zero-order valence-corrected chi connectivity index (χ0v) is 24.0. The van der Waals surface area contributed by atoms with E-state index in [9.17, 15) is 0 Å². The van der Waals surface area contributed by atoms with Crippen LogP contribution in [0.5, 0.6) is 0 Å². The van der Waals surface area contributed by atoms with Crippen molar-refractivity contribution < 1.29 is 0 Å². The zero-order chi connectivity index (χ0) is 28.3. The molecule has 0 aliphatic rings. The lowest BCUT2D eigenvalue weighted by Crippen LogP contribution is -1.91. The fourth-order valence-corrected chi connectivity index (χ4v) is 7.87. The molecule has 9 aromatic rings. The Morgan fingerprint density at radius 1 is 0.395 bits per heavy atom. The van der Waals surface area contributed by atoms with Crippen molar-refractivity contribution in [2.75, 3.05) is 0 Å². The van der Waals surface area contributed by atoms with Gasteiger partial charge in [-0.1, -0.05) is 127 Å². The zero-order valence-electron chi connectivity index (χ0n) is 23.2. The minimum absolute atomic E-state index is 0.938.